The van der Waals surface area contributed by atoms with Gasteiger partial charge in [-0.3, -0.25) is 0 Å². The zero-order valence-electron chi connectivity index (χ0n) is 17.1. The highest BCUT2D eigenvalue weighted by molar-refractivity contribution is 5.83. The highest BCUT2D eigenvalue weighted by atomic mass is 16.7. The minimum atomic E-state index is 0.287. The first-order chi connectivity index (χ1) is 14.2. The lowest BCUT2D eigenvalue weighted by atomic mass is 9.88. The first kappa shape index (κ1) is 18.5. The van der Waals surface area contributed by atoms with Crippen LogP contribution in [0.3, 0.4) is 0 Å². The predicted molar refractivity (Wildman–Crippen MR) is 115 cm³/mol. The number of likely N-dealkylation sites (tertiary alicyclic amines) is 1. The minimum Gasteiger partial charge on any atom is -0.454 e. The zero-order valence-corrected chi connectivity index (χ0v) is 17.1. The highest BCUT2D eigenvalue weighted by Gasteiger charge is 2.22. The van der Waals surface area contributed by atoms with Gasteiger partial charge in [0, 0.05) is 18.7 Å². The molecule has 0 saturated carbocycles. The summed E-state index contributed by atoms with van der Waals surface area (Å²) in [5.74, 6) is 3.08. The van der Waals surface area contributed by atoms with Crippen LogP contribution in [0.4, 0.5) is 0 Å². The Balaban J connectivity index is 1.39. The lowest BCUT2D eigenvalue weighted by Crippen LogP contribution is -2.37. The van der Waals surface area contributed by atoms with Crippen LogP contribution in [0.25, 0.3) is 22.4 Å². The Kier molecular flexibility index (Phi) is 4.89. The molecule has 2 N–H and O–H groups in total. The third-order valence-corrected chi connectivity index (χ3v) is 6.18. The molecule has 0 amide bonds. The molecule has 1 saturated heterocycles. The zero-order chi connectivity index (χ0) is 19.8. The van der Waals surface area contributed by atoms with Crippen LogP contribution in [-0.2, 0) is 0 Å². The number of imidazole rings is 1. The third kappa shape index (κ3) is 3.58. The number of aromatic amines is 1. The van der Waals surface area contributed by atoms with Crippen molar-refractivity contribution in [1.29, 1.82) is 0 Å². The van der Waals surface area contributed by atoms with Gasteiger partial charge in [0.25, 0.3) is 0 Å². The predicted octanol–water partition coefficient (Wildman–Crippen LogP) is 3.67. The average molecular weight is 393 g/mol. The summed E-state index contributed by atoms with van der Waals surface area (Å²) in [5.41, 5.74) is 5.85. The van der Waals surface area contributed by atoms with Crippen LogP contribution >= 0.6 is 0 Å². The molecular weight excluding hydrogens is 364 g/mol. The monoisotopic (exact) mass is 392 g/mol. The number of hydrogen-bond donors (Lipinski definition) is 2. The number of ether oxygens (including phenoxy) is 2. The maximum atomic E-state index is 5.52. The largest absolute Gasteiger partial charge is 0.454 e. The fourth-order valence-electron chi connectivity index (χ4n) is 4.49. The second-order valence-electron chi connectivity index (χ2n) is 8.11. The van der Waals surface area contributed by atoms with Gasteiger partial charge in [-0.05, 0) is 81.2 Å². The lowest BCUT2D eigenvalue weighted by molar-refractivity contribution is 0.174. The Hall–Kier alpha value is -2.57. The van der Waals surface area contributed by atoms with Crippen molar-refractivity contribution in [3.8, 4) is 22.9 Å². The SMILES string of the molecule is CNCCN1CCC(c2cc(C)c3nc(-c4ccc5c(c4)OCO5)[nH]c3c2)CC1. The molecular formula is C23H28N4O2. The van der Waals surface area contributed by atoms with Crippen LogP contribution in [-0.4, -0.2) is 54.9 Å². The first-order valence-electron chi connectivity index (χ1n) is 10.5. The summed E-state index contributed by atoms with van der Waals surface area (Å²) in [7, 11) is 2.02. The van der Waals surface area contributed by atoms with Crippen molar-refractivity contribution in [3.63, 3.8) is 0 Å². The molecule has 5 rings (SSSR count). The van der Waals surface area contributed by atoms with Crippen LogP contribution in [0.1, 0.15) is 29.9 Å². The molecule has 0 atom stereocenters. The minimum absolute atomic E-state index is 0.287. The van der Waals surface area contributed by atoms with Crippen LogP contribution in [0.5, 0.6) is 11.5 Å². The summed E-state index contributed by atoms with van der Waals surface area (Å²) in [5, 5.41) is 3.25. The molecule has 152 valence electrons. The van der Waals surface area contributed by atoms with E-state index in [0.29, 0.717) is 5.92 Å². The summed E-state index contributed by atoms with van der Waals surface area (Å²) < 4.78 is 10.9. The van der Waals surface area contributed by atoms with E-state index >= 15 is 0 Å². The number of benzene rings is 2. The van der Waals surface area contributed by atoms with Crippen LogP contribution < -0.4 is 14.8 Å². The standard InChI is InChI=1S/C23H28N4O2/c1-15-11-18(16-5-8-27(9-6-16)10-7-24-2)12-19-22(15)26-23(25-19)17-3-4-20-21(13-17)29-14-28-20/h3-4,11-13,16,24H,5-10,14H2,1-2H3,(H,25,26). The molecule has 0 spiro atoms. The van der Waals surface area contributed by atoms with Crippen molar-refractivity contribution in [2.45, 2.75) is 25.7 Å². The maximum absolute atomic E-state index is 5.52. The van der Waals surface area contributed by atoms with E-state index in [0.717, 1.165) is 47.0 Å². The third-order valence-electron chi connectivity index (χ3n) is 6.18. The molecule has 6 nitrogen and oxygen atoms in total. The molecule has 6 heteroatoms. The number of piperidine rings is 1. The number of nitrogens with one attached hydrogen (secondary N) is 2. The molecule has 2 aromatic carbocycles. The van der Waals surface area contributed by atoms with Crippen molar-refractivity contribution in [2.24, 2.45) is 0 Å². The van der Waals surface area contributed by atoms with Crippen LogP contribution in [0, 0.1) is 6.92 Å². The highest BCUT2D eigenvalue weighted by Crippen LogP contribution is 2.36. The number of hydrogen-bond acceptors (Lipinski definition) is 5. The summed E-state index contributed by atoms with van der Waals surface area (Å²) in [6.07, 6.45) is 2.44. The molecule has 0 aliphatic carbocycles. The normalized spacial score (nSPS) is 17.3. The van der Waals surface area contributed by atoms with Gasteiger partial charge in [0.1, 0.15) is 5.82 Å². The molecule has 1 fully saturated rings. The smallest absolute Gasteiger partial charge is 0.231 e. The Morgan fingerprint density at radius 1 is 1.14 bits per heavy atom. The Labute approximate surface area is 171 Å². The number of fused-ring (bicyclic) bond motifs is 2. The van der Waals surface area contributed by atoms with Crippen LogP contribution in [0.2, 0.25) is 0 Å². The molecule has 2 aliphatic heterocycles. The van der Waals surface area contributed by atoms with E-state index in [1.54, 1.807) is 0 Å². The molecule has 0 unspecified atom stereocenters. The molecule has 3 aromatic rings. The van der Waals surface area contributed by atoms with Gasteiger partial charge >= 0.3 is 0 Å². The first-order valence-corrected chi connectivity index (χ1v) is 10.5. The molecule has 1 aromatic heterocycles. The van der Waals surface area contributed by atoms with Crippen molar-refractivity contribution in [2.75, 3.05) is 40.0 Å². The van der Waals surface area contributed by atoms with Gasteiger partial charge in [0.05, 0.1) is 11.0 Å². The number of likely N-dealkylation sites (N-methyl/N-ethyl adjacent to an activating group) is 1. The van der Waals surface area contributed by atoms with E-state index in [2.05, 4.69) is 34.3 Å². The van der Waals surface area contributed by atoms with Crippen LogP contribution in [0.15, 0.2) is 30.3 Å². The number of aryl methyl sites for hydroxylation is 1. The molecule has 3 heterocycles. The summed E-state index contributed by atoms with van der Waals surface area (Å²) in [6, 6.07) is 10.6. The molecule has 2 aliphatic rings. The van der Waals surface area contributed by atoms with Crippen molar-refractivity contribution < 1.29 is 9.47 Å². The van der Waals surface area contributed by atoms with Gasteiger partial charge in [0.15, 0.2) is 11.5 Å². The Bertz CT molecular complexity index is 1020. The van der Waals surface area contributed by atoms with E-state index < -0.39 is 0 Å². The van der Waals surface area contributed by atoms with Crippen molar-refractivity contribution in [3.05, 3.63) is 41.5 Å². The summed E-state index contributed by atoms with van der Waals surface area (Å²) >= 11 is 0. The Morgan fingerprint density at radius 3 is 2.79 bits per heavy atom. The summed E-state index contributed by atoms with van der Waals surface area (Å²) in [4.78, 5) is 11.0. The topological polar surface area (TPSA) is 62.4 Å². The molecule has 0 radical (unpaired) electrons. The number of nitrogens with zero attached hydrogens (tertiary/aromatic N) is 2. The van der Waals surface area contributed by atoms with Crippen molar-refractivity contribution in [1.82, 2.24) is 20.2 Å². The molecule has 0 bridgehead atoms. The van der Waals surface area contributed by atoms with Gasteiger partial charge in [-0.1, -0.05) is 6.07 Å². The van der Waals surface area contributed by atoms with E-state index in [1.807, 2.05) is 25.2 Å². The number of rotatable bonds is 5. The van der Waals surface area contributed by atoms with Crippen molar-refractivity contribution >= 4 is 11.0 Å². The average Bonchev–Trinajstić information content (AvgIpc) is 3.39. The maximum Gasteiger partial charge on any atom is 0.231 e. The van der Waals surface area contributed by atoms with E-state index in [1.165, 1.54) is 37.1 Å². The molecule has 29 heavy (non-hydrogen) atoms. The summed E-state index contributed by atoms with van der Waals surface area (Å²) in [6.45, 7) is 7.00. The van der Waals surface area contributed by atoms with Gasteiger partial charge in [-0.25, -0.2) is 4.98 Å². The fourth-order valence-corrected chi connectivity index (χ4v) is 4.49. The van der Waals surface area contributed by atoms with Gasteiger partial charge in [-0.15, -0.1) is 0 Å². The Morgan fingerprint density at radius 2 is 1.97 bits per heavy atom. The second kappa shape index (κ2) is 7.69. The quantitative estimate of drug-likeness (QED) is 0.694. The van der Waals surface area contributed by atoms with E-state index in [9.17, 15) is 0 Å². The number of aromatic nitrogens is 2. The van der Waals surface area contributed by atoms with Gasteiger partial charge < -0.3 is 24.7 Å². The second-order valence-corrected chi connectivity index (χ2v) is 8.11. The van der Waals surface area contributed by atoms with Gasteiger partial charge in [0.2, 0.25) is 6.79 Å². The lowest BCUT2D eigenvalue weighted by Gasteiger charge is -2.32. The fraction of sp³-hybridized carbons (Fsp3) is 0.435. The van der Waals surface area contributed by atoms with E-state index in [-0.39, 0.29) is 6.79 Å². The van der Waals surface area contributed by atoms with E-state index in [4.69, 9.17) is 14.5 Å². The number of H-pyrrole nitrogens is 1. The van der Waals surface area contributed by atoms with Gasteiger partial charge in [-0.2, -0.15) is 0 Å².